The molecule has 2 aromatic rings. The van der Waals surface area contributed by atoms with E-state index in [0.717, 1.165) is 16.3 Å². The number of carbonyl (C=O) groups excluding carboxylic acids is 2. The minimum Gasteiger partial charge on any atom is -0.444 e. The van der Waals surface area contributed by atoms with Crippen LogP contribution in [0.4, 0.5) is 4.79 Å². The van der Waals surface area contributed by atoms with Crippen LogP contribution in [0.2, 0.25) is 16.6 Å². The molecule has 1 amide bonds. The summed E-state index contributed by atoms with van der Waals surface area (Å²) in [6, 6.07) is 19.1. The second-order valence-corrected chi connectivity index (χ2v) is 15.8. The van der Waals surface area contributed by atoms with Gasteiger partial charge >= 0.3 is 6.09 Å². The molecule has 33 heavy (non-hydrogen) atoms. The van der Waals surface area contributed by atoms with E-state index in [-0.39, 0.29) is 24.9 Å². The fourth-order valence-electron chi connectivity index (χ4n) is 5.90. The molecule has 1 aliphatic rings. The van der Waals surface area contributed by atoms with Crippen LogP contribution < -0.4 is 0 Å². The SMILES string of the molecule is CC(C)[Si](C1=CN(C(=O)OCc2ccccc2)[C@H](c2ccccc2)CC1=O)(C(C)C)C(C)C. The molecule has 0 aliphatic carbocycles. The molecule has 1 aliphatic heterocycles. The zero-order valence-electron chi connectivity index (χ0n) is 20.7. The van der Waals surface area contributed by atoms with Gasteiger partial charge in [0.2, 0.25) is 0 Å². The Hall–Kier alpha value is -2.66. The number of carbonyl (C=O) groups is 2. The van der Waals surface area contributed by atoms with Crippen molar-refractivity contribution >= 4 is 20.0 Å². The van der Waals surface area contributed by atoms with Crippen molar-refractivity contribution in [3.8, 4) is 0 Å². The van der Waals surface area contributed by atoms with Gasteiger partial charge in [-0.15, -0.1) is 0 Å². The third-order valence-electron chi connectivity index (χ3n) is 7.22. The summed E-state index contributed by atoms with van der Waals surface area (Å²) in [5.74, 6) is 0.179. The lowest BCUT2D eigenvalue weighted by atomic mass is 9.97. The average Bonchev–Trinajstić information content (AvgIpc) is 2.79. The number of hydrogen-bond donors (Lipinski definition) is 0. The fraction of sp³-hybridized carbons (Fsp3) is 0.429. The highest BCUT2D eigenvalue weighted by atomic mass is 28.3. The third-order valence-corrected chi connectivity index (χ3v) is 14.3. The summed E-state index contributed by atoms with van der Waals surface area (Å²) >= 11 is 0. The maximum Gasteiger partial charge on any atom is 0.414 e. The molecular formula is C28H37NO3Si. The van der Waals surface area contributed by atoms with E-state index in [1.54, 1.807) is 4.90 Å². The van der Waals surface area contributed by atoms with Gasteiger partial charge in [-0.05, 0) is 32.9 Å². The summed E-state index contributed by atoms with van der Waals surface area (Å²) in [5.41, 5.74) is 3.02. The molecule has 0 fully saturated rings. The van der Waals surface area contributed by atoms with Crippen molar-refractivity contribution < 1.29 is 14.3 Å². The highest BCUT2D eigenvalue weighted by Crippen LogP contribution is 2.49. The van der Waals surface area contributed by atoms with Crippen LogP contribution in [0.15, 0.2) is 72.1 Å². The van der Waals surface area contributed by atoms with E-state index >= 15 is 0 Å². The third kappa shape index (κ3) is 4.98. The fourth-order valence-corrected chi connectivity index (χ4v) is 12.7. The summed E-state index contributed by atoms with van der Waals surface area (Å²) in [6.07, 6.45) is 1.75. The molecule has 3 rings (SSSR count). The van der Waals surface area contributed by atoms with Crippen molar-refractivity contribution in [2.75, 3.05) is 0 Å². The Morgan fingerprint density at radius 3 is 1.94 bits per heavy atom. The Morgan fingerprint density at radius 2 is 1.42 bits per heavy atom. The van der Waals surface area contributed by atoms with Gasteiger partial charge in [0.1, 0.15) is 14.7 Å². The predicted octanol–water partition coefficient (Wildman–Crippen LogP) is 7.44. The van der Waals surface area contributed by atoms with Gasteiger partial charge < -0.3 is 4.74 Å². The molecule has 0 unspecified atom stereocenters. The smallest absolute Gasteiger partial charge is 0.414 e. The number of nitrogens with zero attached hydrogens (tertiary/aromatic N) is 1. The zero-order chi connectivity index (χ0) is 24.2. The van der Waals surface area contributed by atoms with Gasteiger partial charge in [-0.3, -0.25) is 9.69 Å². The van der Waals surface area contributed by atoms with Gasteiger partial charge in [0.05, 0.1) is 6.04 Å². The molecule has 2 aromatic carbocycles. The first-order valence-corrected chi connectivity index (χ1v) is 14.2. The van der Waals surface area contributed by atoms with Crippen LogP contribution in [0.1, 0.15) is 65.1 Å². The van der Waals surface area contributed by atoms with Crippen molar-refractivity contribution in [2.45, 2.75) is 77.2 Å². The van der Waals surface area contributed by atoms with Crippen molar-refractivity contribution in [2.24, 2.45) is 0 Å². The number of allylic oxidation sites excluding steroid dienone is 1. The molecule has 5 heteroatoms. The highest BCUT2D eigenvalue weighted by molar-refractivity contribution is 6.93. The number of Topliss-reactive ketones (excluding diaryl/α,β-unsaturated/α-hetero) is 1. The van der Waals surface area contributed by atoms with E-state index in [4.69, 9.17) is 4.74 Å². The largest absolute Gasteiger partial charge is 0.444 e. The number of hydrogen-bond acceptors (Lipinski definition) is 3. The monoisotopic (exact) mass is 463 g/mol. The molecule has 1 atom stereocenters. The van der Waals surface area contributed by atoms with Gasteiger partial charge in [-0.1, -0.05) is 102 Å². The lowest BCUT2D eigenvalue weighted by molar-refractivity contribution is -0.116. The molecule has 0 saturated heterocycles. The molecule has 1 heterocycles. The molecule has 176 valence electrons. The van der Waals surface area contributed by atoms with E-state index in [9.17, 15) is 9.59 Å². The Labute approximate surface area is 199 Å². The number of ether oxygens (including phenoxy) is 1. The van der Waals surface area contributed by atoms with E-state index in [1.165, 1.54) is 0 Å². The summed E-state index contributed by atoms with van der Waals surface area (Å²) in [4.78, 5) is 28.8. The molecule has 0 aromatic heterocycles. The van der Waals surface area contributed by atoms with E-state index in [1.807, 2.05) is 66.9 Å². The summed E-state index contributed by atoms with van der Waals surface area (Å²) in [5, 5.41) is 0.881. The molecular weight excluding hydrogens is 426 g/mol. The molecule has 0 saturated carbocycles. The van der Waals surface area contributed by atoms with Crippen molar-refractivity contribution in [3.05, 3.63) is 83.2 Å². The topological polar surface area (TPSA) is 46.6 Å². The van der Waals surface area contributed by atoms with Crippen LogP contribution in [-0.2, 0) is 16.1 Å². The molecule has 0 radical (unpaired) electrons. The van der Waals surface area contributed by atoms with Crippen LogP contribution >= 0.6 is 0 Å². The average molecular weight is 464 g/mol. The van der Waals surface area contributed by atoms with Gasteiger partial charge in [-0.25, -0.2) is 4.79 Å². The van der Waals surface area contributed by atoms with Crippen LogP contribution in [0.25, 0.3) is 0 Å². The van der Waals surface area contributed by atoms with Gasteiger partial charge in [0, 0.05) is 12.6 Å². The Bertz CT molecular complexity index is 961. The van der Waals surface area contributed by atoms with E-state index < -0.39 is 14.2 Å². The Balaban J connectivity index is 2.05. The summed E-state index contributed by atoms with van der Waals surface area (Å²) in [6.45, 7) is 13.6. The lowest BCUT2D eigenvalue weighted by Crippen LogP contribution is -2.52. The Morgan fingerprint density at radius 1 is 0.909 bits per heavy atom. The first kappa shape index (κ1) is 25.0. The maximum atomic E-state index is 13.7. The number of amides is 1. The molecule has 0 bridgehead atoms. The van der Waals surface area contributed by atoms with E-state index in [0.29, 0.717) is 16.6 Å². The summed E-state index contributed by atoms with van der Waals surface area (Å²) in [7, 11) is -2.23. The minimum atomic E-state index is -2.23. The molecule has 0 N–H and O–H groups in total. The van der Waals surface area contributed by atoms with Crippen molar-refractivity contribution in [3.63, 3.8) is 0 Å². The Kier molecular flexibility index (Phi) is 7.95. The van der Waals surface area contributed by atoms with Crippen LogP contribution in [0, 0.1) is 0 Å². The molecule has 4 nitrogen and oxygen atoms in total. The minimum absolute atomic E-state index is 0.179. The van der Waals surface area contributed by atoms with E-state index in [2.05, 4.69) is 41.5 Å². The van der Waals surface area contributed by atoms with Gasteiger partial charge in [0.15, 0.2) is 5.78 Å². The maximum absolute atomic E-state index is 13.7. The first-order valence-electron chi connectivity index (χ1n) is 12.0. The second kappa shape index (κ2) is 10.5. The quantitative estimate of drug-likeness (QED) is 0.401. The number of benzene rings is 2. The van der Waals surface area contributed by atoms with Gasteiger partial charge in [0.25, 0.3) is 0 Å². The number of ketones is 1. The second-order valence-electron chi connectivity index (χ2n) is 9.94. The van der Waals surface area contributed by atoms with Crippen LogP contribution in [0.3, 0.4) is 0 Å². The van der Waals surface area contributed by atoms with Gasteiger partial charge in [-0.2, -0.15) is 0 Å². The zero-order valence-corrected chi connectivity index (χ0v) is 21.7. The standard InChI is InChI=1S/C28H37NO3Si/c1-20(2)33(21(3)4,22(5)6)27-18-29(28(31)32-19-23-13-9-7-10-14-23)25(17-26(27)30)24-15-11-8-12-16-24/h7-16,18,20-22,25H,17,19H2,1-6H3/t25-/m0/s1. The normalized spacial score (nSPS) is 17.0. The van der Waals surface area contributed by atoms with Crippen molar-refractivity contribution in [1.29, 1.82) is 0 Å². The predicted molar refractivity (Wildman–Crippen MR) is 136 cm³/mol. The van der Waals surface area contributed by atoms with Crippen molar-refractivity contribution in [1.82, 2.24) is 4.90 Å². The summed E-state index contributed by atoms with van der Waals surface area (Å²) < 4.78 is 5.74. The number of rotatable bonds is 7. The van der Waals surface area contributed by atoms with Crippen LogP contribution in [-0.4, -0.2) is 24.9 Å². The van der Waals surface area contributed by atoms with Crippen LogP contribution in [0.5, 0.6) is 0 Å². The molecule has 0 spiro atoms. The first-order chi connectivity index (χ1) is 15.7. The highest BCUT2D eigenvalue weighted by Gasteiger charge is 2.50. The lowest BCUT2D eigenvalue weighted by Gasteiger charge is -2.47.